The number of rotatable bonds is 5. The standard InChI is InChI=1S/C21H27N3O4S/c1-14-11-15(5-6-16(14)23-9-3-4-10-23)22-18(25)12-28-20(27)17-13-29-21(2)8-7-19(26)24(17)21/h5-6,11,17H,3-4,7-10,12-13H2,1-2H3,(H,22,25)/t17-,21-/m0/s1. The number of fused-ring (bicyclic) bond motifs is 1. The van der Waals surface area contributed by atoms with Crippen LogP contribution in [0, 0.1) is 6.92 Å². The van der Waals surface area contributed by atoms with Gasteiger partial charge in [-0.05, 0) is 56.9 Å². The molecule has 3 aliphatic heterocycles. The average Bonchev–Trinajstić information content (AvgIpc) is 3.38. The Hall–Kier alpha value is -2.22. The molecule has 8 heteroatoms. The fraction of sp³-hybridized carbons (Fsp3) is 0.571. The maximum absolute atomic E-state index is 12.5. The summed E-state index contributed by atoms with van der Waals surface area (Å²) in [7, 11) is 0. The lowest BCUT2D eigenvalue weighted by molar-refractivity contribution is -0.155. The van der Waals surface area contributed by atoms with E-state index in [0.29, 0.717) is 17.9 Å². The van der Waals surface area contributed by atoms with E-state index in [0.717, 1.165) is 25.1 Å². The van der Waals surface area contributed by atoms with E-state index in [1.54, 1.807) is 16.7 Å². The molecule has 0 aromatic heterocycles. The Labute approximate surface area is 175 Å². The van der Waals surface area contributed by atoms with Crippen molar-refractivity contribution in [3.8, 4) is 0 Å². The smallest absolute Gasteiger partial charge is 0.330 e. The van der Waals surface area contributed by atoms with Crippen molar-refractivity contribution in [2.24, 2.45) is 0 Å². The maximum Gasteiger partial charge on any atom is 0.330 e. The zero-order valence-corrected chi connectivity index (χ0v) is 17.7. The second-order valence-electron chi connectivity index (χ2n) is 8.12. The molecule has 1 aromatic carbocycles. The van der Waals surface area contributed by atoms with Crippen LogP contribution in [0.2, 0.25) is 0 Å². The van der Waals surface area contributed by atoms with Crippen LogP contribution in [0.1, 0.15) is 38.2 Å². The molecule has 3 fully saturated rings. The molecule has 3 saturated heterocycles. The normalized spacial score (nSPS) is 26.0. The molecular formula is C21H27N3O4S. The third-order valence-electron chi connectivity index (χ3n) is 5.99. The Morgan fingerprint density at radius 3 is 2.79 bits per heavy atom. The first-order valence-corrected chi connectivity index (χ1v) is 11.1. The molecule has 0 radical (unpaired) electrons. The number of anilines is 2. The SMILES string of the molecule is Cc1cc(NC(=O)COC(=O)[C@@H]2CS[C@@]3(C)CCC(=O)N23)ccc1N1CCCC1. The maximum atomic E-state index is 12.5. The van der Waals surface area contributed by atoms with E-state index in [-0.39, 0.29) is 23.3 Å². The number of aryl methyl sites for hydroxylation is 1. The van der Waals surface area contributed by atoms with Crippen LogP contribution in [0.25, 0.3) is 0 Å². The van der Waals surface area contributed by atoms with E-state index in [1.807, 2.05) is 32.0 Å². The number of nitrogens with zero attached hydrogens (tertiary/aromatic N) is 2. The van der Waals surface area contributed by atoms with Crippen molar-refractivity contribution in [2.45, 2.75) is 50.4 Å². The minimum absolute atomic E-state index is 0.0162. The van der Waals surface area contributed by atoms with Gasteiger partial charge >= 0.3 is 5.97 Å². The van der Waals surface area contributed by atoms with Crippen molar-refractivity contribution in [1.29, 1.82) is 0 Å². The van der Waals surface area contributed by atoms with E-state index >= 15 is 0 Å². The van der Waals surface area contributed by atoms with Gasteiger partial charge in [0.2, 0.25) is 5.91 Å². The Bertz CT molecular complexity index is 839. The van der Waals surface area contributed by atoms with Gasteiger partial charge in [-0.25, -0.2) is 4.79 Å². The van der Waals surface area contributed by atoms with E-state index in [9.17, 15) is 14.4 Å². The highest BCUT2D eigenvalue weighted by atomic mass is 32.2. The van der Waals surface area contributed by atoms with Crippen LogP contribution in [0.15, 0.2) is 18.2 Å². The van der Waals surface area contributed by atoms with Crippen molar-refractivity contribution >= 4 is 40.9 Å². The molecule has 0 spiro atoms. The number of esters is 1. The summed E-state index contributed by atoms with van der Waals surface area (Å²) in [6.45, 7) is 5.80. The highest BCUT2D eigenvalue weighted by Gasteiger charge is 2.53. The number of carbonyl (C=O) groups excluding carboxylic acids is 3. The van der Waals surface area contributed by atoms with Crippen LogP contribution < -0.4 is 10.2 Å². The summed E-state index contributed by atoms with van der Waals surface area (Å²) in [4.78, 5) is 40.5. The molecule has 156 valence electrons. The van der Waals surface area contributed by atoms with Crippen LogP contribution in [-0.4, -0.2) is 59.0 Å². The fourth-order valence-electron chi connectivity index (χ4n) is 4.47. The lowest BCUT2D eigenvalue weighted by Crippen LogP contribution is -2.47. The summed E-state index contributed by atoms with van der Waals surface area (Å²) >= 11 is 1.61. The molecule has 0 aliphatic carbocycles. The van der Waals surface area contributed by atoms with E-state index < -0.39 is 12.0 Å². The van der Waals surface area contributed by atoms with Crippen molar-refractivity contribution in [3.05, 3.63) is 23.8 Å². The summed E-state index contributed by atoms with van der Waals surface area (Å²) < 4.78 is 5.23. The molecule has 0 bridgehead atoms. The minimum atomic E-state index is -0.602. The topological polar surface area (TPSA) is 78.9 Å². The number of thioether (sulfide) groups is 1. The van der Waals surface area contributed by atoms with Crippen LogP contribution in [0.3, 0.4) is 0 Å². The van der Waals surface area contributed by atoms with Gasteiger partial charge in [-0.2, -0.15) is 0 Å². The number of hydrogen-bond acceptors (Lipinski definition) is 6. The van der Waals surface area contributed by atoms with E-state index in [2.05, 4.69) is 10.2 Å². The van der Waals surface area contributed by atoms with Gasteiger partial charge in [0.25, 0.3) is 5.91 Å². The molecule has 1 N–H and O–H groups in total. The predicted octanol–water partition coefficient (Wildman–Crippen LogP) is 2.53. The van der Waals surface area contributed by atoms with Crippen LogP contribution in [-0.2, 0) is 19.1 Å². The van der Waals surface area contributed by atoms with Gasteiger partial charge in [0.05, 0.1) is 4.87 Å². The molecular weight excluding hydrogens is 390 g/mol. The first-order chi connectivity index (χ1) is 13.9. The summed E-state index contributed by atoms with van der Waals surface area (Å²) in [5.74, 6) is -0.391. The van der Waals surface area contributed by atoms with Gasteiger partial charge < -0.3 is 19.9 Å². The van der Waals surface area contributed by atoms with Crippen LogP contribution in [0.5, 0.6) is 0 Å². The van der Waals surface area contributed by atoms with Gasteiger partial charge in [0.15, 0.2) is 6.61 Å². The Morgan fingerprint density at radius 2 is 2.07 bits per heavy atom. The monoisotopic (exact) mass is 417 g/mol. The average molecular weight is 418 g/mol. The minimum Gasteiger partial charge on any atom is -0.454 e. The number of amides is 2. The second-order valence-corrected chi connectivity index (χ2v) is 9.62. The third-order valence-corrected chi connectivity index (χ3v) is 7.49. The molecule has 0 saturated carbocycles. The van der Waals surface area contributed by atoms with Gasteiger partial charge in [0, 0.05) is 36.6 Å². The highest BCUT2D eigenvalue weighted by Crippen LogP contribution is 2.47. The Morgan fingerprint density at radius 1 is 1.31 bits per heavy atom. The van der Waals surface area contributed by atoms with Crippen molar-refractivity contribution in [1.82, 2.24) is 4.90 Å². The number of ether oxygens (including phenoxy) is 1. The van der Waals surface area contributed by atoms with Crippen LogP contribution >= 0.6 is 11.8 Å². The zero-order chi connectivity index (χ0) is 20.6. The molecule has 3 aliphatic rings. The molecule has 7 nitrogen and oxygen atoms in total. The molecule has 3 heterocycles. The fourth-order valence-corrected chi connectivity index (χ4v) is 5.89. The van der Waals surface area contributed by atoms with E-state index in [1.165, 1.54) is 18.5 Å². The van der Waals surface area contributed by atoms with E-state index in [4.69, 9.17) is 4.74 Å². The van der Waals surface area contributed by atoms with Gasteiger partial charge in [0.1, 0.15) is 6.04 Å². The Kier molecular flexibility index (Phi) is 5.46. The van der Waals surface area contributed by atoms with Crippen LogP contribution in [0.4, 0.5) is 11.4 Å². The largest absolute Gasteiger partial charge is 0.454 e. The third kappa shape index (κ3) is 3.95. The lowest BCUT2D eigenvalue weighted by atomic mass is 10.1. The first kappa shape index (κ1) is 20.1. The number of benzene rings is 1. The number of nitrogens with one attached hydrogen (secondary N) is 1. The number of hydrogen-bond donors (Lipinski definition) is 1. The molecule has 2 atom stereocenters. The second kappa shape index (κ2) is 7.89. The van der Waals surface area contributed by atoms with Gasteiger partial charge in [-0.3, -0.25) is 9.59 Å². The Balaban J connectivity index is 1.30. The van der Waals surface area contributed by atoms with Crippen molar-refractivity contribution < 1.29 is 19.1 Å². The summed E-state index contributed by atoms with van der Waals surface area (Å²) in [6, 6.07) is 5.24. The van der Waals surface area contributed by atoms with Gasteiger partial charge in [-0.1, -0.05) is 0 Å². The lowest BCUT2D eigenvalue weighted by Gasteiger charge is -2.29. The molecule has 1 aromatic rings. The van der Waals surface area contributed by atoms with Crippen molar-refractivity contribution in [2.75, 3.05) is 35.7 Å². The number of carbonyl (C=O) groups is 3. The predicted molar refractivity (Wildman–Crippen MR) is 113 cm³/mol. The molecule has 29 heavy (non-hydrogen) atoms. The van der Waals surface area contributed by atoms with Crippen molar-refractivity contribution in [3.63, 3.8) is 0 Å². The first-order valence-electron chi connectivity index (χ1n) is 10.2. The molecule has 2 amide bonds. The zero-order valence-electron chi connectivity index (χ0n) is 16.9. The molecule has 4 rings (SSSR count). The quantitative estimate of drug-likeness (QED) is 0.742. The highest BCUT2D eigenvalue weighted by molar-refractivity contribution is 8.01. The summed E-state index contributed by atoms with van der Waals surface area (Å²) in [5.41, 5.74) is 2.99. The summed E-state index contributed by atoms with van der Waals surface area (Å²) in [5, 5.41) is 2.79. The molecule has 0 unspecified atom stereocenters. The summed E-state index contributed by atoms with van der Waals surface area (Å²) in [6.07, 6.45) is 3.63. The van der Waals surface area contributed by atoms with Gasteiger partial charge in [-0.15, -0.1) is 11.8 Å².